The molecule has 1 aromatic heterocycles. The minimum absolute atomic E-state index is 0.184. The van der Waals surface area contributed by atoms with Crippen LogP contribution >= 0.6 is 0 Å². The fourth-order valence-electron chi connectivity index (χ4n) is 2.66. The van der Waals surface area contributed by atoms with E-state index in [0.29, 0.717) is 5.82 Å². The second-order valence-corrected chi connectivity index (χ2v) is 5.72. The molecule has 1 saturated carbocycles. The summed E-state index contributed by atoms with van der Waals surface area (Å²) in [6.07, 6.45) is 4.24. The number of tetrazole rings is 1. The summed E-state index contributed by atoms with van der Waals surface area (Å²) in [4.78, 5) is 24.6. The number of esters is 1. The van der Waals surface area contributed by atoms with Crippen LogP contribution in [0.4, 0.5) is 0 Å². The fourth-order valence-corrected chi connectivity index (χ4v) is 2.66. The number of ether oxygens (including phenoxy) is 1. The van der Waals surface area contributed by atoms with Gasteiger partial charge in [-0.2, -0.15) is 4.80 Å². The van der Waals surface area contributed by atoms with Crippen LogP contribution in [0.2, 0.25) is 0 Å². The maximum absolute atomic E-state index is 11.8. The van der Waals surface area contributed by atoms with Crippen LogP contribution in [0, 0.1) is 0 Å². The molecule has 0 radical (unpaired) electrons. The van der Waals surface area contributed by atoms with Gasteiger partial charge in [0.1, 0.15) is 0 Å². The van der Waals surface area contributed by atoms with E-state index in [1.165, 1.54) is 0 Å². The molecule has 1 heterocycles. The number of carbonyl (C=O) groups is 2. The third-order valence-corrected chi connectivity index (χ3v) is 3.84. The van der Waals surface area contributed by atoms with Gasteiger partial charge in [-0.05, 0) is 18.1 Å². The van der Waals surface area contributed by atoms with Gasteiger partial charge >= 0.3 is 5.97 Å². The molecule has 0 spiro atoms. The van der Waals surface area contributed by atoms with Crippen molar-refractivity contribution in [2.24, 2.45) is 0 Å². The summed E-state index contributed by atoms with van der Waals surface area (Å²) in [5.41, 5.74) is 0.813. The third kappa shape index (κ3) is 4.37. The van der Waals surface area contributed by atoms with Gasteiger partial charge in [-0.15, -0.1) is 10.2 Å². The second-order valence-electron chi connectivity index (χ2n) is 5.72. The molecule has 2 aromatic rings. The van der Waals surface area contributed by atoms with Gasteiger partial charge in [0.2, 0.25) is 5.82 Å². The molecule has 1 amide bonds. The predicted octanol–water partition coefficient (Wildman–Crippen LogP) is 0.942. The van der Waals surface area contributed by atoms with E-state index in [9.17, 15) is 9.59 Å². The molecule has 0 saturated heterocycles. The summed E-state index contributed by atoms with van der Waals surface area (Å²) in [5, 5.41) is 14.7. The number of amides is 1. The molecule has 1 fully saturated rings. The Labute approximate surface area is 139 Å². The van der Waals surface area contributed by atoms with E-state index in [1.54, 1.807) is 0 Å². The molecule has 126 valence electrons. The molecule has 3 rings (SSSR count). The van der Waals surface area contributed by atoms with Crippen molar-refractivity contribution in [2.75, 3.05) is 6.61 Å². The van der Waals surface area contributed by atoms with Crippen molar-refractivity contribution in [3.05, 3.63) is 30.3 Å². The summed E-state index contributed by atoms with van der Waals surface area (Å²) in [5.74, 6) is -0.414. The number of nitrogens with one attached hydrogen (secondary N) is 1. The average Bonchev–Trinajstić information content (AvgIpc) is 3.26. The molecule has 0 aliphatic heterocycles. The normalized spacial score (nSPS) is 14.5. The summed E-state index contributed by atoms with van der Waals surface area (Å²) in [7, 11) is 0. The van der Waals surface area contributed by atoms with Crippen molar-refractivity contribution >= 4 is 11.9 Å². The van der Waals surface area contributed by atoms with E-state index in [0.717, 1.165) is 36.0 Å². The minimum Gasteiger partial charge on any atom is -0.454 e. The molecule has 1 aromatic carbocycles. The molecule has 1 aliphatic carbocycles. The Bertz CT molecular complexity index is 695. The Kier molecular flexibility index (Phi) is 5.15. The first-order valence-corrected chi connectivity index (χ1v) is 7.99. The zero-order valence-corrected chi connectivity index (χ0v) is 13.2. The molecule has 24 heavy (non-hydrogen) atoms. The van der Waals surface area contributed by atoms with Gasteiger partial charge in [0.05, 0.1) is 0 Å². The Morgan fingerprint density at radius 3 is 2.71 bits per heavy atom. The Balaban J connectivity index is 1.45. The van der Waals surface area contributed by atoms with Gasteiger partial charge in [0.25, 0.3) is 5.91 Å². The third-order valence-electron chi connectivity index (χ3n) is 3.84. The molecule has 0 bridgehead atoms. The number of hydrogen-bond acceptors (Lipinski definition) is 6. The van der Waals surface area contributed by atoms with Crippen molar-refractivity contribution in [2.45, 2.75) is 38.3 Å². The monoisotopic (exact) mass is 329 g/mol. The maximum atomic E-state index is 11.8. The van der Waals surface area contributed by atoms with Crippen LogP contribution in [0.1, 0.15) is 25.7 Å². The Hall–Kier alpha value is -2.77. The first-order chi connectivity index (χ1) is 11.7. The lowest BCUT2D eigenvalue weighted by molar-refractivity contribution is -0.149. The van der Waals surface area contributed by atoms with Crippen LogP contribution in [-0.4, -0.2) is 44.7 Å². The van der Waals surface area contributed by atoms with Gasteiger partial charge < -0.3 is 10.1 Å². The second kappa shape index (κ2) is 7.67. The largest absolute Gasteiger partial charge is 0.454 e. The molecule has 8 heteroatoms. The molecule has 1 N–H and O–H groups in total. The van der Waals surface area contributed by atoms with E-state index in [1.807, 2.05) is 30.3 Å². The SMILES string of the molecule is O=C(COC(=O)Cn1nnc(-c2ccccc2)n1)NC1CCCC1. The van der Waals surface area contributed by atoms with E-state index < -0.39 is 5.97 Å². The lowest BCUT2D eigenvalue weighted by atomic mass is 10.2. The lowest BCUT2D eigenvalue weighted by Gasteiger charge is -2.11. The Morgan fingerprint density at radius 1 is 1.21 bits per heavy atom. The lowest BCUT2D eigenvalue weighted by Crippen LogP contribution is -2.36. The first kappa shape index (κ1) is 16.1. The van der Waals surface area contributed by atoms with E-state index in [2.05, 4.69) is 20.7 Å². The fraction of sp³-hybridized carbons (Fsp3) is 0.438. The van der Waals surface area contributed by atoms with E-state index in [4.69, 9.17) is 4.74 Å². The van der Waals surface area contributed by atoms with Crippen molar-refractivity contribution in [3.8, 4) is 11.4 Å². The highest BCUT2D eigenvalue weighted by molar-refractivity contribution is 5.80. The maximum Gasteiger partial charge on any atom is 0.330 e. The predicted molar refractivity (Wildman–Crippen MR) is 84.6 cm³/mol. The van der Waals surface area contributed by atoms with E-state index >= 15 is 0 Å². The van der Waals surface area contributed by atoms with Crippen LogP contribution in [0.3, 0.4) is 0 Å². The van der Waals surface area contributed by atoms with Crippen LogP contribution in [0.15, 0.2) is 30.3 Å². The van der Waals surface area contributed by atoms with Gasteiger partial charge in [-0.1, -0.05) is 43.2 Å². The number of benzene rings is 1. The Morgan fingerprint density at radius 2 is 1.96 bits per heavy atom. The van der Waals surface area contributed by atoms with E-state index in [-0.39, 0.29) is 25.1 Å². The van der Waals surface area contributed by atoms with Crippen LogP contribution in [0.25, 0.3) is 11.4 Å². The van der Waals surface area contributed by atoms with Crippen molar-refractivity contribution in [3.63, 3.8) is 0 Å². The van der Waals surface area contributed by atoms with Gasteiger partial charge in [0.15, 0.2) is 13.2 Å². The van der Waals surface area contributed by atoms with Gasteiger partial charge in [0, 0.05) is 11.6 Å². The zero-order chi connectivity index (χ0) is 16.8. The highest BCUT2D eigenvalue weighted by atomic mass is 16.5. The molecule has 1 aliphatic rings. The highest BCUT2D eigenvalue weighted by Crippen LogP contribution is 2.17. The molecule has 0 atom stereocenters. The summed E-state index contributed by atoms with van der Waals surface area (Å²) in [6.45, 7) is -0.466. The van der Waals surface area contributed by atoms with Crippen LogP contribution in [0.5, 0.6) is 0 Å². The smallest absolute Gasteiger partial charge is 0.330 e. The quantitative estimate of drug-likeness (QED) is 0.792. The highest BCUT2D eigenvalue weighted by Gasteiger charge is 2.18. The zero-order valence-electron chi connectivity index (χ0n) is 13.2. The number of carbonyl (C=O) groups excluding carboxylic acids is 2. The van der Waals surface area contributed by atoms with Crippen LogP contribution < -0.4 is 5.32 Å². The van der Waals surface area contributed by atoms with Gasteiger partial charge in [-0.25, -0.2) is 4.79 Å². The summed E-state index contributed by atoms with van der Waals surface area (Å²) >= 11 is 0. The minimum atomic E-state index is -0.575. The molecular formula is C16H19N5O3. The molecule has 8 nitrogen and oxygen atoms in total. The number of aromatic nitrogens is 4. The summed E-state index contributed by atoms with van der Waals surface area (Å²) in [6, 6.07) is 9.55. The number of hydrogen-bond donors (Lipinski definition) is 1. The standard InChI is InChI=1S/C16H19N5O3/c22-14(17-13-8-4-5-9-13)11-24-15(23)10-21-19-16(18-20-21)12-6-2-1-3-7-12/h1-3,6-7,13H,4-5,8-11H2,(H,17,22). The first-order valence-electron chi connectivity index (χ1n) is 7.99. The molecular weight excluding hydrogens is 310 g/mol. The summed E-state index contributed by atoms with van der Waals surface area (Å²) < 4.78 is 4.95. The number of rotatable bonds is 6. The topological polar surface area (TPSA) is 99.0 Å². The van der Waals surface area contributed by atoms with Crippen molar-refractivity contribution in [1.29, 1.82) is 0 Å². The van der Waals surface area contributed by atoms with Crippen LogP contribution in [-0.2, 0) is 20.9 Å². The van der Waals surface area contributed by atoms with Gasteiger partial charge in [-0.3, -0.25) is 4.79 Å². The van der Waals surface area contributed by atoms with Crippen molar-refractivity contribution < 1.29 is 14.3 Å². The number of nitrogens with zero attached hydrogens (tertiary/aromatic N) is 4. The molecule has 0 unspecified atom stereocenters. The van der Waals surface area contributed by atoms with Crippen molar-refractivity contribution in [1.82, 2.24) is 25.5 Å². The average molecular weight is 329 g/mol.